The number of halogens is 1. The molecule has 0 radical (unpaired) electrons. The summed E-state index contributed by atoms with van der Waals surface area (Å²) in [4.78, 5) is 24.3. The predicted octanol–water partition coefficient (Wildman–Crippen LogP) is 3.90. The van der Waals surface area contributed by atoms with E-state index in [0.29, 0.717) is 10.6 Å². The average Bonchev–Trinajstić information content (AvgIpc) is 2.74. The minimum atomic E-state index is -3.97. The summed E-state index contributed by atoms with van der Waals surface area (Å²) in [6.07, 6.45) is 4.94. The van der Waals surface area contributed by atoms with E-state index in [0.717, 1.165) is 43.2 Å². The van der Waals surface area contributed by atoms with Crippen LogP contribution < -0.4 is 15.4 Å². The van der Waals surface area contributed by atoms with Gasteiger partial charge in [0.1, 0.15) is 0 Å². The van der Waals surface area contributed by atoms with Crippen molar-refractivity contribution >= 4 is 33.6 Å². The molecule has 3 rings (SSSR count). The summed E-state index contributed by atoms with van der Waals surface area (Å²) >= 11 is 5.98. The van der Waals surface area contributed by atoms with Crippen molar-refractivity contribution in [3.05, 3.63) is 64.2 Å². The van der Waals surface area contributed by atoms with Crippen LogP contribution in [0, 0.1) is 6.92 Å². The van der Waals surface area contributed by atoms with Gasteiger partial charge in [0.25, 0.3) is 15.9 Å². The fourth-order valence-corrected chi connectivity index (χ4v) is 4.53. The van der Waals surface area contributed by atoms with E-state index in [-0.39, 0.29) is 23.4 Å². The van der Waals surface area contributed by atoms with Crippen molar-refractivity contribution < 1.29 is 18.0 Å². The first kappa shape index (κ1) is 23.1. The van der Waals surface area contributed by atoms with Crippen LogP contribution in [0.25, 0.3) is 0 Å². The van der Waals surface area contributed by atoms with Crippen molar-refractivity contribution in [1.82, 2.24) is 15.4 Å². The average molecular weight is 464 g/mol. The molecule has 0 bridgehead atoms. The Bertz CT molecular complexity index is 1050. The van der Waals surface area contributed by atoms with Crippen molar-refractivity contribution in [3.63, 3.8) is 0 Å². The molecule has 1 aliphatic carbocycles. The van der Waals surface area contributed by atoms with Crippen LogP contribution in [-0.2, 0) is 16.6 Å². The van der Waals surface area contributed by atoms with Crippen LogP contribution in [0.2, 0.25) is 5.02 Å². The molecular formula is C22H26ClN3O4S. The maximum absolute atomic E-state index is 12.5. The van der Waals surface area contributed by atoms with Crippen LogP contribution in [0.4, 0.5) is 4.79 Å². The van der Waals surface area contributed by atoms with Crippen molar-refractivity contribution in [2.45, 2.75) is 56.5 Å². The van der Waals surface area contributed by atoms with E-state index >= 15 is 0 Å². The van der Waals surface area contributed by atoms with Crippen molar-refractivity contribution in [2.24, 2.45) is 0 Å². The summed E-state index contributed by atoms with van der Waals surface area (Å²) in [5, 5.41) is 6.11. The normalized spacial score (nSPS) is 14.6. The molecule has 1 saturated carbocycles. The van der Waals surface area contributed by atoms with Crippen LogP contribution >= 0.6 is 11.6 Å². The van der Waals surface area contributed by atoms with Gasteiger partial charge in [-0.1, -0.05) is 43.0 Å². The molecule has 0 heterocycles. The smallest absolute Gasteiger partial charge is 0.328 e. The maximum Gasteiger partial charge on any atom is 0.328 e. The van der Waals surface area contributed by atoms with Crippen molar-refractivity contribution in [1.29, 1.82) is 0 Å². The van der Waals surface area contributed by atoms with Crippen molar-refractivity contribution in [2.75, 3.05) is 0 Å². The zero-order valence-corrected chi connectivity index (χ0v) is 18.9. The fourth-order valence-electron chi connectivity index (χ4n) is 3.50. The van der Waals surface area contributed by atoms with Gasteiger partial charge in [0, 0.05) is 23.2 Å². The number of benzene rings is 2. The van der Waals surface area contributed by atoms with Crippen LogP contribution in [0.15, 0.2) is 47.4 Å². The first-order valence-electron chi connectivity index (χ1n) is 10.2. The highest BCUT2D eigenvalue weighted by Gasteiger charge is 2.21. The molecule has 0 aliphatic heterocycles. The summed E-state index contributed by atoms with van der Waals surface area (Å²) < 4.78 is 27.0. The molecule has 2 aromatic carbocycles. The van der Waals surface area contributed by atoms with Gasteiger partial charge in [0.15, 0.2) is 0 Å². The highest BCUT2D eigenvalue weighted by Crippen LogP contribution is 2.18. The van der Waals surface area contributed by atoms with Crippen LogP contribution in [0.1, 0.15) is 53.6 Å². The number of hydrogen-bond donors (Lipinski definition) is 3. The number of carbonyl (C=O) groups excluding carboxylic acids is 2. The minimum Gasteiger partial charge on any atom is -0.348 e. The quantitative estimate of drug-likeness (QED) is 0.604. The molecule has 7 nitrogen and oxygen atoms in total. The minimum absolute atomic E-state index is 0.0133. The van der Waals surface area contributed by atoms with Crippen LogP contribution in [0.3, 0.4) is 0 Å². The first-order valence-corrected chi connectivity index (χ1v) is 12.1. The van der Waals surface area contributed by atoms with Gasteiger partial charge >= 0.3 is 6.03 Å². The van der Waals surface area contributed by atoms with Gasteiger partial charge in [0.2, 0.25) is 0 Å². The van der Waals surface area contributed by atoms with E-state index in [1.165, 1.54) is 12.1 Å². The van der Waals surface area contributed by atoms with Crippen LogP contribution in [0.5, 0.6) is 0 Å². The Kier molecular flexibility index (Phi) is 7.56. The summed E-state index contributed by atoms with van der Waals surface area (Å²) in [5.41, 5.74) is 2.03. The molecule has 0 atom stereocenters. The monoisotopic (exact) mass is 463 g/mol. The summed E-state index contributed by atoms with van der Waals surface area (Å²) in [5.74, 6) is -0.252. The number of rotatable bonds is 6. The largest absolute Gasteiger partial charge is 0.348 e. The third kappa shape index (κ3) is 6.45. The van der Waals surface area contributed by atoms with Crippen LogP contribution in [-0.4, -0.2) is 26.4 Å². The lowest BCUT2D eigenvalue weighted by Crippen LogP contribution is -2.45. The third-order valence-corrected chi connectivity index (χ3v) is 7.05. The lowest BCUT2D eigenvalue weighted by atomic mass is 9.96. The number of amides is 3. The zero-order chi connectivity index (χ0) is 22.4. The van der Waals surface area contributed by atoms with Gasteiger partial charge in [-0.25, -0.2) is 17.9 Å². The van der Waals surface area contributed by atoms with Gasteiger partial charge in [-0.2, -0.15) is 0 Å². The molecule has 1 aliphatic rings. The van der Waals surface area contributed by atoms with Gasteiger partial charge in [0.05, 0.1) is 4.90 Å². The lowest BCUT2D eigenvalue weighted by Gasteiger charge is -2.22. The summed E-state index contributed by atoms with van der Waals surface area (Å²) in [7, 11) is -3.97. The molecular weight excluding hydrogens is 438 g/mol. The third-order valence-electron chi connectivity index (χ3n) is 5.27. The maximum atomic E-state index is 12.5. The van der Waals surface area contributed by atoms with E-state index in [1.54, 1.807) is 30.3 Å². The zero-order valence-electron chi connectivity index (χ0n) is 17.3. The molecule has 0 saturated heterocycles. The topological polar surface area (TPSA) is 104 Å². The highest BCUT2D eigenvalue weighted by molar-refractivity contribution is 7.90. The van der Waals surface area contributed by atoms with E-state index < -0.39 is 16.1 Å². The number of aryl methyl sites for hydroxylation is 1. The SMILES string of the molecule is Cc1cc(C(=O)NCc2ccc(S(=O)(=O)NC(=O)NC3CCCCC3)cc2)ccc1Cl. The Morgan fingerprint density at radius 2 is 1.71 bits per heavy atom. The highest BCUT2D eigenvalue weighted by atomic mass is 35.5. The van der Waals surface area contributed by atoms with E-state index in [1.807, 2.05) is 6.92 Å². The Morgan fingerprint density at radius 3 is 2.35 bits per heavy atom. The van der Waals surface area contributed by atoms with E-state index in [9.17, 15) is 18.0 Å². The second-order valence-corrected chi connectivity index (χ2v) is 9.79. The van der Waals surface area contributed by atoms with Gasteiger partial charge in [-0.3, -0.25) is 4.79 Å². The second-order valence-electron chi connectivity index (χ2n) is 7.70. The molecule has 9 heteroatoms. The molecule has 0 unspecified atom stereocenters. The summed E-state index contributed by atoms with van der Waals surface area (Å²) in [6, 6.07) is 10.3. The number of hydrogen-bond acceptors (Lipinski definition) is 4. The van der Waals surface area contributed by atoms with E-state index in [4.69, 9.17) is 11.6 Å². The Labute approximate surface area is 187 Å². The van der Waals surface area contributed by atoms with Crippen molar-refractivity contribution in [3.8, 4) is 0 Å². The molecule has 3 amide bonds. The lowest BCUT2D eigenvalue weighted by molar-refractivity contribution is 0.0950. The molecule has 0 spiro atoms. The first-order chi connectivity index (χ1) is 14.7. The predicted molar refractivity (Wildman–Crippen MR) is 120 cm³/mol. The Hall–Kier alpha value is -2.58. The number of carbonyl (C=O) groups is 2. The summed E-state index contributed by atoms with van der Waals surface area (Å²) in [6.45, 7) is 2.05. The molecule has 166 valence electrons. The van der Waals surface area contributed by atoms with Gasteiger partial charge in [-0.05, 0) is 61.2 Å². The van der Waals surface area contributed by atoms with Gasteiger partial charge < -0.3 is 10.6 Å². The molecule has 3 N–H and O–H groups in total. The molecule has 31 heavy (non-hydrogen) atoms. The number of urea groups is 1. The second kappa shape index (κ2) is 10.2. The standard InChI is InChI=1S/C22H26ClN3O4S/c1-15-13-17(9-12-20(15)23)21(27)24-14-16-7-10-19(11-8-16)31(29,30)26-22(28)25-18-5-3-2-4-6-18/h7-13,18H,2-6,14H2,1H3,(H,24,27)(H2,25,26,28). The number of nitrogens with one attached hydrogen (secondary N) is 3. The Morgan fingerprint density at radius 1 is 1.03 bits per heavy atom. The molecule has 1 fully saturated rings. The fraction of sp³-hybridized carbons (Fsp3) is 0.364. The molecule has 0 aromatic heterocycles. The van der Waals surface area contributed by atoms with E-state index in [2.05, 4.69) is 15.4 Å². The van der Waals surface area contributed by atoms with Gasteiger partial charge in [-0.15, -0.1) is 0 Å². The number of sulfonamides is 1. The Balaban J connectivity index is 1.55. The molecule has 2 aromatic rings.